The van der Waals surface area contributed by atoms with Crippen LogP contribution in [0, 0.1) is 5.82 Å². The van der Waals surface area contributed by atoms with Gasteiger partial charge in [-0.25, -0.2) is 4.39 Å². The molecular formula is C15H17FN2O3. The van der Waals surface area contributed by atoms with Crippen molar-refractivity contribution in [2.24, 2.45) is 0 Å². The Labute approximate surface area is 121 Å². The van der Waals surface area contributed by atoms with Gasteiger partial charge in [0.2, 0.25) is 0 Å². The average Bonchev–Trinajstić information content (AvgIpc) is 2.48. The van der Waals surface area contributed by atoms with Crippen molar-refractivity contribution in [3.8, 4) is 5.75 Å². The molecule has 1 aromatic heterocycles. The number of rotatable bonds is 6. The molecule has 6 heteroatoms. The number of aromatic nitrogens is 1. The Morgan fingerprint density at radius 3 is 2.86 bits per heavy atom. The van der Waals surface area contributed by atoms with Crippen LogP contribution in [0.1, 0.15) is 5.56 Å². The van der Waals surface area contributed by atoms with Crippen molar-refractivity contribution in [1.82, 2.24) is 4.57 Å². The quantitative estimate of drug-likeness (QED) is 0.854. The number of nitrogens with zero attached hydrogens (tertiary/aromatic N) is 1. The second-order valence-electron chi connectivity index (χ2n) is 4.58. The van der Waals surface area contributed by atoms with Gasteiger partial charge in [-0.1, -0.05) is 6.07 Å². The summed E-state index contributed by atoms with van der Waals surface area (Å²) in [7, 11) is 1.58. The number of methoxy groups -OCH3 is 1. The number of halogens is 1. The van der Waals surface area contributed by atoms with Crippen molar-refractivity contribution in [2.45, 2.75) is 13.1 Å². The maximum absolute atomic E-state index is 13.2. The molecule has 0 fully saturated rings. The lowest BCUT2D eigenvalue weighted by Gasteiger charge is -2.10. The van der Waals surface area contributed by atoms with Crippen molar-refractivity contribution in [1.29, 1.82) is 0 Å². The number of hydrogen-bond donors (Lipinski definition) is 2. The molecule has 0 saturated carbocycles. The van der Waals surface area contributed by atoms with Crippen LogP contribution in [0.2, 0.25) is 0 Å². The van der Waals surface area contributed by atoms with Gasteiger partial charge in [0.1, 0.15) is 0 Å². The maximum atomic E-state index is 13.2. The molecule has 0 amide bonds. The molecule has 5 nitrogen and oxygen atoms in total. The summed E-state index contributed by atoms with van der Waals surface area (Å²) in [4.78, 5) is 11.6. The number of hydrogen-bond acceptors (Lipinski definition) is 4. The maximum Gasteiger partial charge on any atom is 0.250 e. The van der Waals surface area contributed by atoms with Gasteiger partial charge >= 0.3 is 0 Å². The second-order valence-corrected chi connectivity index (χ2v) is 4.58. The molecule has 112 valence electrons. The number of aromatic hydroxyl groups is 1. The molecule has 1 aromatic carbocycles. The third-order valence-corrected chi connectivity index (χ3v) is 3.03. The highest BCUT2D eigenvalue weighted by molar-refractivity contribution is 5.41. The summed E-state index contributed by atoms with van der Waals surface area (Å²) < 4.78 is 19.7. The van der Waals surface area contributed by atoms with E-state index in [4.69, 9.17) is 9.84 Å². The van der Waals surface area contributed by atoms with Gasteiger partial charge < -0.3 is 19.7 Å². The van der Waals surface area contributed by atoms with Gasteiger partial charge in [0.05, 0.1) is 12.3 Å². The molecule has 0 radical (unpaired) electrons. The summed E-state index contributed by atoms with van der Waals surface area (Å²) >= 11 is 0. The molecule has 0 atom stereocenters. The summed E-state index contributed by atoms with van der Waals surface area (Å²) in [5.74, 6) is -1.02. The minimum Gasteiger partial charge on any atom is -0.505 e. The summed E-state index contributed by atoms with van der Waals surface area (Å²) in [6.45, 7) is 1.31. The van der Waals surface area contributed by atoms with E-state index in [0.29, 0.717) is 25.3 Å². The average molecular weight is 292 g/mol. The molecule has 0 spiro atoms. The van der Waals surface area contributed by atoms with Crippen LogP contribution in [0.15, 0.2) is 41.3 Å². The van der Waals surface area contributed by atoms with Crippen LogP contribution in [-0.2, 0) is 17.8 Å². The number of phenols is 1. The molecule has 2 aromatic rings. The first-order chi connectivity index (χ1) is 10.1. The summed E-state index contributed by atoms with van der Waals surface area (Å²) in [5.41, 5.74) is 1.34. The zero-order valence-electron chi connectivity index (χ0n) is 11.7. The molecular weight excluding hydrogens is 275 g/mol. The molecule has 0 saturated heterocycles. The zero-order chi connectivity index (χ0) is 15.2. The van der Waals surface area contributed by atoms with Crippen LogP contribution in [0.4, 0.5) is 10.1 Å². The fraction of sp³-hybridized carbons (Fsp3) is 0.267. The van der Waals surface area contributed by atoms with Gasteiger partial charge in [-0.3, -0.25) is 4.79 Å². The normalized spacial score (nSPS) is 10.6. The summed E-state index contributed by atoms with van der Waals surface area (Å²) in [5, 5.41) is 12.2. The van der Waals surface area contributed by atoms with Crippen LogP contribution in [0.3, 0.4) is 0 Å². The van der Waals surface area contributed by atoms with Gasteiger partial charge in [0.25, 0.3) is 5.56 Å². The van der Waals surface area contributed by atoms with Gasteiger partial charge in [0.15, 0.2) is 11.6 Å². The van der Waals surface area contributed by atoms with Crippen LogP contribution in [-0.4, -0.2) is 23.4 Å². The van der Waals surface area contributed by atoms with Crippen LogP contribution in [0.25, 0.3) is 0 Å². The number of pyridine rings is 1. The Morgan fingerprint density at radius 1 is 1.33 bits per heavy atom. The minimum atomic E-state index is -0.653. The van der Waals surface area contributed by atoms with E-state index >= 15 is 0 Å². The molecule has 2 N–H and O–H groups in total. The zero-order valence-corrected chi connectivity index (χ0v) is 11.7. The summed E-state index contributed by atoms with van der Waals surface area (Å²) in [6.07, 6.45) is 1.69. The SMILES string of the molecule is COCCn1cc(NCc2ccc(O)c(F)c2)ccc1=O. The number of benzene rings is 1. The first-order valence-corrected chi connectivity index (χ1v) is 6.51. The highest BCUT2D eigenvalue weighted by atomic mass is 19.1. The van der Waals surface area contributed by atoms with E-state index in [1.807, 2.05) is 0 Å². The lowest BCUT2D eigenvalue weighted by molar-refractivity contribution is 0.186. The van der Waals surface area contributed by atoms with E-state index in [0.717, 1.165) is 5.69 Å². The third kappa shape index (κ3) is 4.06. The number of ether oxygens (including phenoxy) is 1. The first-order valence-electron chi connectivity index (χ1n) is 6.51. The Bertz CT molecular complexity index is 670. The van der Waals surface area contributed by atoms with Crippen molar-refractivity contribution in [2.75, 3.05) is 19.0 Å². The smallest absolute Gasteiger partial charge is 0.250 e. The van der Waals surface area contributed by atoms with Crippen molar-refractivity contribution >= 4 is 5.69 Å². The third-order valence-electron chi connectivity index (χ3n) is 3.03. The minimum absolute atomic E-state index is 0.103. The molecule has 0 aliphatic rings. The largest absolute Gasteiger partial charge is 0.505 e. The van der Waals surface area contributed by atoms with E-state index in [1.165, 1.54) is 18.2 Å². The van der Waals surface area contributed by atoms with Gasteiger partial charge in [-0.2, -0.15) is 0 Å². The standard InChI is InChI=1S/C15H17FN2O3/c1-21-7-6-18-10-12(3-5-15(18)20)17-9-11-2-4-14(19)13(16)8-11/h2-5,8,10,17,19H,6-7,9H2,1H3. The first kappa shape index (κ1) is 15.1. The van der Waals surface area contributed by atoms with E-state index in [9.17, 15) is 9.18 Å². The van der Waals surface area contributed by atoms with Gasteiger partial charge in [0, 0.05) is 32.5 Å². The van der Waals surface area contributed by atoms with E-state index in [1.54, 1.807) is 30.0 Å². The van der Waals surface area contributed by atoms with Gasteiger partial charge in [-0.05, 0) is 23.8 Å². The number of nitrogens with one attached hydrogen (secondary N) is 1. The Balaban J connectivity index is 2.05. The van der Waals surface area contributed by atoms with Crippen LogP contribution < -0.4 is 10.9 Å². The molecule has 0 aliphatic carbocycles. The fourth-order valence-electron chi connectivity index (χ4n) is 1.86. The lowest BCUT2D eigenvalue weighted by Crippen LogP contribution is -2.21. The molecule has 0 unspecified atom stereocenters. The number of anilines is 1. The van der Waals surface area contributed by atoms with E-state index < -0.39 is 5.82 Å². The fourth-order valence-corrected chi connectivity index (χ4v) is 1.86. The Morgan fingerprint density at radius 2 is 2.14 bits per heavy atom. The van der Waals surface area contributed by atoms with Crippen molar-refractivity contribution in [3.05, 3.63) is 58.3 Å². The van der Waals surface area contributed by atoms with Crippen molar-refractivity contribution in [3.63, 3.8) is 0 Å². The number of phenolic OH excluding ortho intramolecular Hbond substituents is 1. The highest BCUT2D eigenvalue weighted by Gasteiger charge is 2.03. The monoisotopic (exact) mass is 292 g/mol. The Hall–Kier alpha value is -2.34. The predicted octanol–water partition coefficient (Wildman–Crippen LogP) is 1.95. The van der Waals surface area contributed by atoms with Gasteiger partial charge in [-0.15, -0.1) is 0 Å². The second kappa shape index (κ2) is 6.90. The Kier molecular flexibility index (Phi) is 4.94. The van der Waals surface area contributed by atoms with E-state index in [-0.39, 0.29) is 11.3 Å². The molecule has 0 bridgehead atoms. The molecule has 21 heavy (non-hydrogen) atoms. The topological polar surface area (TPSA) is 63.5 Å². The van der Waals surface area contributed by atoms with E-state index in [2.05, 4.69) is 5.32 Å². The lowest BCUT2D eigenvalue weighted by atomic mass is 10.2. The van der Waals surface area contributed by atoms with Crippen LogP contribution >= 0.6 is 0 Å². The van der Waals surface area contributed by atoms with Crippen LogP contribution in [0.5, 0.6) is 5.75 Å². The molecule has 1 heterocycles. The van der Waals surface area contributed by atoms with Crippen molar-refractivity contribution < 1.29 is 14.2 Å². The molecule has 2 rings (SSSR count). The molecule has 0 aliphatic heterocycles. The predicted molar refractivity (Wildman–Crippen MR) is 78.0 cm³/mol. The summed E-state index contributed by atoms with van der Waals surface area (Å²) in [6, 6.07) is 7.35. The highest BCUT2D eigenvalue weighted by Crippen LogP contribution is 2.17.